The van der Waals surface area contributed by atoms with Gasteiger partial charge in [0.05, 0.1) is 18.8 Å². The molecule has 100 valence electrons. The molecule has 0 aromatic carbocycles. The lowest BCUT2D eigenvalue weighted by atomic mass is 10.1. The van der Waals surface area contributed by atoms with E-state index < -0.39 is 5.97 Å². The minimum atomic E-state index is -0.401. The average Bonchev–Trinajstić information content (AvgIpc) is 3.03. The number of methoxy groups -OCH3 is 1. The fourth-order valence-electron chi connectivity index (χ4n) is 2.30. The summed E-state index contributed by atoms with van der Waals surface area (Å²) >= 11 is 0. The monoisotopic (exact) mass is 252 g/mol. The van der Waals surface area contributed by atoms with Crippen LogP contribution >= 0.6 is 0 Å². The summed E-state index contributed by atoms with van der Waals surface area (Å²) in [5.74, 6) is -0.401. The van der Waals surface area contributed by atoms with Crippen LogP contribution in [0.5, 0.6) is 0 Å². The fraction of sp³-hybridized carbons (Fsp3) is 0.750. The van der Waals surface area contributed by atoms with Crippen LogP contribution in [0.2, 0.25) is 0 Å². The van der Waals surface area contributed by atoms with Crippen LogP contribution in [0.25, 0.3) is 0 Å². The molecule has 1 N–H and O–H groups in total. The molecule has 18 heavy (non-hydrogen) atoms. The average molecular weight is 252 g/mol. The van der Waals surface area contributed by atoms with Gasteiger partial charge in [0.2, 0.25) is 0 Å². The molecule has 6 heteroatoms. The van der Waals surface area contributed by atoms with Gasteiger partial charge in [-0.1, -0.05) is 18.6 Å². The Labute approximate surface area is 107 Å². The predicted octanol–water partition coefficient (Wildman–Crippen LogP) is 1.29. The minimum Gasteiger partial charge on any atom is -0.464 e. The van der Waals surface area contributed by atoms with Crippen LogP contribution in [0.1, 0.15) is 54.8 Å². The van der Waals surface area contributed by atoms with E-state index in [4.69, 9.17) is 4.74 Å². The van der Waals surface area contributed by atoms with E-state index in [1.54, 1.807) is 0 Å². The first-order valence-corrected chi connectivity index (χ1v) is 6.53. The second-order valence-electron chi connectivity index (χ2n) is 4.54. The third-order valence-electron chi connectivity index (χ3n) is 3.27. The van der Waals surface area contributed by atoms with E-state index in [1.165, 1.54) is 7.11 Å². The standard InChI is InChI=1S/C12H20N4O2/c1-3-4-8-16-11(9-6-5-7-13-9)10(14-15-16)12(17)18-2/h9,13H,3-8H2,1-2H3. The van der Waals surface area contributed by atoms with Crippen molar-refractivity contribution in [1.29, 1.82) is 0 Å². The zero-order chi connectivity index (χ0) is 13.0. The summed E-state index contributed by atoms with van der Waals surface area (Å²) in [6.07, 6.45) is 4.25. The first kappa shape index (κ1) is 13.0. The number of unbranched alkanes of at least 4 members (excludes halogenated alkanes) is 1. The lowest BCUT2D eigenvalue weighted by Gasteiger charge is -2.13. The van der Waals surface area contributed by atoms with Gasteiger partial charge < -0.3 is 10.1 Å². The molecule has 0 spiro atoms. The Kier molecular flexibility index (Phi) is 4.30. The van der Waals surface area contributed by atoms with Gasteiger partial charge in [-0.25, -0.2) is 9.48 Å². The molecule has 1 aromatic heterocycles. The maximum absolute atomic E-state index is 11.7. The Morgan fingerprint density at radius 2 is 2.44 bits per heavy atom. The van der Waals surface area contributed by atoms with Gasteiger partial charge in [-0.15, -0.1) is 5.10 Å². The number of ether oxygens (including phenoxy) is 1. The molecule has 1 aromatic rings. The molecular weight excluding hydrogens is 232 g/mol. The minimum absolute atomic E-state index is 0.172. The molecule has 1 aliphatic heterocycles. The van der Waals surface area contributed by atoms with Gasteiger partial charge in [0.25, 0.3) is 0 Å². The Hall–Kier alpha value is -1.43. The normalized spacial score (nSPS) is 19.1. The molecule has 0 amide bonds. The summed E-state index contributed by atoms with van der Waals surface area (Å²) < 4.78 is 6.62. The summed E-state index contributed by atoms with van der Waals surface area (Å²) in [7, 11) is 1.37. The lowest BCUT2D eigenvalue weighted by Crippen LogP contribution is -2.21. The van der Waals surface area contributed by atoms with Crippen molar-refractivity contribution in [3.8, 4) is 0 Å². The zero-order valence-corrected chi connectivity index (χ0v) is 11.0. The van der Waals surface area contributed by atoms with Crippen LogP contribution in [-0.4, -0.2) is 34.6 Å². The number of aryl methyl sites for hydroxylation is 1. The summed E-state index contributed by atoms with van der Waals surface area (Å²) in [5, 5.41) is 11.5. The first-order valence-electron chi connectivity index (χ1n) is 6.53. The van der Waals surface area contributed by atoms with Crippen LogP contribution in [0.15, 0.2) is 0 Å². The van der Waals surface area contributed by atoms with E-state index in [-0.39, 0.29) is 6.04 Å². The van der Waals surface area contributed by atoms with E-state index in [0.29, 0.717) is 5.69 Å². The summed E-state index contributed by atoms with van der Waals surface area (Å²) in [6, 6.07) is 0.172. The van der Waals surface area contributed by atoms with Gasteiger partial charge in [-0.2, -0.15) is 0 Å². The van der Waals surface area contributed by atoms with Gasteiger partial charge in [0.15, 0.2) is 5.69 Å². The maximum atomic E-state index is 11.7. The van der Waals surface area contributed by atoms with Gasteiger partial charge in [0, 0.05) is 6.54 Å². The second kappa shape index (κ2) is 5.95. The van der Waals surface area contributed by atoms with E-state index in [1.807, 2.05) is 4.68 Å². The van der Waals surface area contributed by atoms with E-state index in [0.717, 1.165) is 44.5 Å². The molecule has 2 heterocycles. The Bertz CT molecular complexity index is 410. The van der Waals surface area contributed by atoms with E-state index in [9.17, 15) is 4.79 Å². The third-order valence-corrected chi connectivity index (χ3v) is 3.27. The van der Waals surface area contributed by atoms with E-state index in [2.05, 4.69) is 22.6 Å². The maximum Gasteiger partial charge on any atom is 0.360 e. The SMILES string of the molecule is CCCCn1nnc(C(=O)OC)c1C1CCCN1. The van der Waals surface area contributed by atoms with Crippen LogP contribution in [0.4, 0.5) is 0 Å². The molecule has 1 saturated heterocycles. The molecule has 0 aliphatic carbocycles. The van der Waals surface area contributed by atoms with Crippen molar-refractivity contribution in [2.24, 2.45) is 0 Å². The van der Waals surface area contributed by atoms with Crippen LogP contribution < -0.4 is 5.32 Å². The highest BCUT2D eigenvalue weighted by atomic mass is 16.5. The van der Waals surface area contributed by atoms with Crippen molar-refractivity contribution in [3.05, 3.63) is 11.4 Å². The van der Waals surface area contributed by atoms with Gasteiger partial charge in [0.1, 0.15) is 0 Å². The Balaban J connectivity index is 2.29. The van der Waals surface area contributed by atoms with Gasteiger partial charge in [-0.3, -0.25) is 0 Å². The molecule has 2 rings (SSSR count). The predicted molar refractivity (Wildman–Crippen MR) is 66.2 cm³/mol. The van der Waals surface area contributed by atoms with Crippen molar-refractivity contribution in [1.82, 2.24) is 20.3 Å². The molecule has 1 unspecified atom stereocenters. The number of carbonyl (C=O) groups is 1. The van der Waals surface area contributed by atoms with Crippen molar-refractivity contribution < 1.29 is 9.53 Å². The molecule has 1 fully saturated rings. The molecule has 1 atom stereocenters. The topological polar surface area (TPSA) is 69.0 Å². The molecule has 6 nitrogen and oxygen atoms in total. The van der Waals surface area contributed by atoms with Crippen molar-refractivity contribution in [2.75, 3.05) is 13.7 Å². The van der Waals surface area contributed by atoms with Crippen molar-refractivity contribution in [2.45, 2.75) is 45.2 Å². The molecular formula is C12H20N4O2. The fourth-order valence-corrected chi connectivity index (χ4v) is 2.30. The molecule has 1 aliphatic rings. The second-order valence-corrected chi connectivity index (χ2v) is 4.54. The Morgan fingerprint density at radius 1 is 1.61 bits per heavy atom. The highest BCUT2D eigenvalue weighted by molar-refractivity contribution is 5.88. The molecule has 0 bridgehead atoms. The first-order chi connectivity index (χ1) is 8.77. The van der Waals surface area contributed by atoms with Crippen LogP contribution in [0, 0.1) is 0 Å². The number of esters is 1. The van der Waals surface area contributed by atoms with Crippen molar-refractivity contribution in [3.63, 3.8) is 0 Å². The molecule has 0 saturated carbocycles. The van der Waals surface area contributed by atoms with E-state index >= 15 is 0 Å². The zero-order valence-electron chi connectivity index (χ0n) is 11.0. The largest absolute Gasteiger partial charge is 0.464 e. The quantitative estimate of drug-likeness (QED) is 0.800. The van der Waals surface area contributed by atoms with Crippen LogP contribution in [0.3, 0.4) is 0 Å². The summed E-state index contributed by atoms with van der Waals surface area (Å²) in [4.78, 5) is 11.7. The van der Waals surface area contributed by atoms with Gasteiger partial charge in [-0.05, 0) is 25.8 Å². The third kappa shape index (κ3) is 2.53. The number of aromatic nitrogens is 3. The number of hydrogen-bond donors (Lipinski definition) is 1. The number of nitrogens with one attached hydrogen (secondary N) is 1. The smallest absolute Gasteiger partial charge is 0.360 e. The number of nitrogens with zero attached hydrogens (tertiary/aromatic N) is 3. The van der Waals surface area contributed by atoms with Gasteiger partial charge >= 0.3 is 5.97 Å². The highest BCUT2D eigenvalue weighted by Crippen LogP contribution is 2.25. The highest BCUT2D eigenvalue weighted by Gasteiger charge is 2.28. The number of hydrogen-bond acceptors (Lipinski definition) is 5. The lowest BCUT2D eigenvalue weighted by molar-refractivity contribution is 0.0591. The summed E-state index contributed by atoms with van der Waals surface area (Å²) in [6.45, 7) is 3.91. The summed E-state index contributed by atoms with van der Waals surface area (Å²) in [5.41, 5.74) is 1.24. The molecule has 0 radical (unpaired) electrons. The Morgan fingerprint density at radius 3 is 3.06 bits per heavy atom. The number of carbonyl (C=O) groups excluding carboxylic acids is 1. The van der Waals surface area contributed by atoms with Crippen molar-refractivity contribution >= 4 is 5.97 Å². The van der Waals surface area contributed by atoms with Crippen LogP contribution in [-0.2, 0) is 11.3 Å². The number of rotatable bonds is 5.